The van der Waals surface area contributed by atoms with Crippen LogP contribution in [0.3, 0.4) is 0 Å². The van der Waals surface area contributed by atoms with E-state index in [1.54, 1.807) is 0 Å². The third-order valence-electron chi connectivity index (χ3n) is 2.68. The van der Waals surface area contributed by atoms with Crippen LogP contribution in [-0.4, -0.2) is 31.7 Å². The number of rotatable bonds is 4. The van der Waals surface area contributed by atoms with E-state index in [1.165, 1.54) is 30.1 Å². The van der Waals surface area contributed by atoms with Crippen LogP contribution in [0.25, 0.3) is 0 Å². The largest absolute Gasteiger partial charge is 0.478 e. The topological polar surface area (TPSA) is 127 Å². The highest BCUT2D eigenvalue weighted by Crippen LogP contribution is 2.27. The summed E-state index contributed by atoms with van der Waals surface area (Å²) in [6.07, 6.45) is 1.17. The zero-order valence-corrected chi connectivity index (χ0v) is 11.9. The van der Waals surface area contributed by atoms with Gasteiger partial charge in [-0.1, -0.05) is 11.6 Å². The van der Waals surface area contributed by atoms with Gasteiger partial charge in [-0.25, -0.2) is 4.79 Å². The number of non-ortho nitro benzene ring substituents is 1. The van der Waals surface area contributed by atoms with Crippen molar-refractivity contribution in [2.24, 2.45) is 7.05 Å². The van der Waals surface area contributed by atoms with E-state index in [-0.39, 0.29) is 27.7 Å². The van der Waals surface area contributed by atoms with Crippen LogP contribution < -0.4 is 5.32 Å². The molecule has 114 valence electrons. The third kappa shape index (κ3) is 3.04. The maximum absolute atomic E-state index is 12.1. The molecule has 0 bridgehead atoms. The Morgan fingerprint density at radius 2 is 2.14 bits per heavy atom. The lowest BCUT2D eigenvalue weighted by molar-refractivity contribution is -0.384. The lowest BCUT2D eigenvalue weighted by Gasteiger charge is -2.06. The maximum atomic E-state index is 12.1. The van der Waals surface area contributed by atoms with Crippen LogP contribution in [0.15, 0.2) is 24.4 Å². The number of anilines is 1. The molecule has 0 aliphatic rings. The first-order chi connectivity index (χ1) is 10.3. The molecule has 2 rings (SSSR count). The number of amides is 1. The van der Waals surface area contributed by atoms with Gasteiger partial charge in [0, 0.05) is 25.4 Å². The van der Waals surface area contributed by atoms with E-state index in [2.05, 4.69) is 10.4 Å². The SMILES string of the molecule is Cn1cc(C(=O)O)c(C(=O)Nc2cc([N+](=O)[O-])ccc2Cl)n1. The monoisotopic (exact) mass is 324 g/mol. The van der Waals surface area contributed by atoms with Crippen LogP contribution in [-0.2, 0) is 7.05 Å². The van der Waals surface area contributed by atoms with E-state index >= 15 is 0 Å². The van der Waals surface area contributed by atoms with Crippen molar-refractivity contribution in [3.8, 4) is 0 Å². The highest BCUT2D eigenvalue weighted by atomic mass is 35.5. The van der Waals surface area contributed by atoms with E-state index in [1.807, 2.05) is 0 Å². The van der Waals surface area contributed by atoms with E-state index in [9.17, 15) is 19.7 Å². The summed E-state index contributed by atoms with van der Waals surface area (Å²) >= 11 is 5.86. The number of carbonyl (C=O) groups excluding carboxylic acids is 1. The molecule has 0 saturated carbocycles. The van der Waals surface area contributed by atoms with Crippen molar-refractivity contribution in [3.63, 3.8) is 0 Å². The number of aromatic nitrogens is 2. The van der Waals surface area contributed by atoms with Crippen molar-refractivity contribution < 1.29 is 19.6 Å². The fourth-order valence-electron chi connectivity index (χ4n) is 1.72. The Morgan fingerprint density at radius 3 is 2.73 bits per heavy atom. The Labute approximate surface area is 128 Å². The molecule has 1 amide bonds. The molecule has 0 aliphatic heterocycles. The van der Waals surface area contributed by atoms with Crippen LogP contribution >= 0.6 is 11.6 Å². The zero-order valence-electron chi connectivity index (χ0n) is 11.1. The molecule has 9 nitrogen and oxygen atoms in total. The fraction of sp³-hybridized carbons (Fsp3) is 0.0833. The van der Waals surface area contributed by atoms with E-state index in [4.69, 9.17) is 16.7 Å². The molecule has 0 spiro atoms. The lowest BCUT2D eigenvalue weighted by atomic mass is 10.2. The summed E-state index contributed by atoms with van der Waals surface area (Å²) in [6, 6.07) is 3.51. The molecule has 0 radical (unpaired) electrons. The van der Waals surface area contributed by atoms with Crippen LogP contribution in [0.2, 0.25) is 5.02 Å². The van der Waals surface area contributed by atoms with Crippen molar-refractivity contribution in [1.82, 2.24) is 9.78 Å². The summed E-state index contributed by atoms with van der Waals surface area (Å²) in [5.74, 6) is -2.15. The number of nitro groups is 1. The van der Waals surface area contributed by atoms with Gasteiger partial charge in [-0.2, -0.15) is 5.10 Å². The Kier molecular flexibility index (Phi) is 4.08. The molecular weight excluding hydrogens is 316 g/mol. The number of aromatic carboxylic acids is 1. The number of carbonyl (C=O) groups is 2. The summed E-state index contributed by atoms with van der Waals surface area (Å²) in [5, 5.41) is 25.9. The van der Waals surface area contributed by atoms with E-state index < -0.39 is 16.8 Å². The average Bonchev–Trinajstić information content (AvgIpc) is 2.83. The van der Waals surface area contributed by atoms with Crippen molar-refractivity contribution in [2.45, 2.75) is 0 Å². The van der Waals surface area contributed by atoms with Crippen molar-refractivity contribution in [2.75, 3.05) is 5.32 Å². The summed E-state index contributed by atoms with van der Waals surface area (Å²) in [6.45, 7) is 0. The van der Waals surface area contributed by atoms with Crippen molar-refractivity contribution >= 4 is 34.9 Å². The summed E-state index contributed by atoms with van der Waals surface area (Å²) in [4.78, 5) is 33.2. The van der Waals surface area contributed by atoms with Crippen molar-refractivity contribution in [1.29, 1.82) is 0 Å². The first-order valence-corrected chi connectivity index (χ1v) is 6.19. The second-order valence-electron chi connectivity index (χ2n) is 4.25. The standard InChI is InChI=1S/C12H9ClN4O5/c1-16-5-7(12(19)20)10(15-16)11(18)14-9-4-6(17(21)22)2-3-8(9)13/h2-5H,1H3,(H,14,18)(H,19,20). The van der Waals surface area contributed by atoms with E-state index in [0.29, 0.717) is 0 Å². The minimum absolute atomic E-state index is 0.0112. The van der Waals surface area contributed by atoms with Gasteiger partial charge >= 0.3 is 5.97 Å². The fourth-order valence-corrected chi connectivity index (χ4v) is 1.88. The number of benzene rings is 1. The number of hydrogen-bond acceptors (Lipinski definition) is 5. The van der Waals surface area contributed by atoms with Crippen molar-refractivity contribution in [3.05, 3.63) is 50.8 Å². The number of aryl methyl sites for hydroxylation is 1. The predicted octanol–water partition coefficient (Wildman–Crippen LogP) is 1.93. The van der Waals surface area contributed by atoms with Gasteiger partial charge in [-0.15, -0.1) is 0 Å². The molecule has 2 aromatic rings. The van der Waals surface area contributed by atoms with Gasteiger partial charge in [-0.05, 0) is 6.07 Å². The number of nitro benzene ring substituents is 1. The Morgan fingerprint density at radius 1 is 1.45 bits per heavy atom. The minimum Gasteiger partial charge on any atom is -0.478 e. The zero-order chi connectivity index (χ0) is 16.4. The molecule has 0 aliphatic carbocycles. The highest BCUT2D eigenvalue weighted by Gasteiger charge is 2.22. The van der Waals surface area contributed by atoms with Gasteiger partial charge in [0.25, 0.3) is 11.6 Å². The molecule has 1 aromatic carbocycles. The Hall–Kier alpha value is -2.94. The number of carboxylic acid groups (broad SMARTS) is 1. The molecular formula is C12H9ClN4O5. The van der Waals surface area contributed by atoms with Gasteiger partial charge < -0.3 is 10.4 Å². The van der Waals surface area contributed by atoms with Gasteiger partial charge in [0.1, 0.15) is 5.56 Å². The third-order valence-corrected chi connectivity index (χ3v) is 3.01. The second-order valence-corrected chi connectivity index (χ2v) is 4.65. The molecule has 0 fully saturated rings. The quantitative estimate of drug-likeness (QED) is 0.653. The summed E-state index contributed by atoms with van der Waals surface area (Å²) < 4.78 is 1.17. The average molecular weight is 325 g/mol. The van der Waals surface area contributed by atoms with Gasteiger partial charge in [0.2, 0.25) is 0 Å². The number of carboxylic acids is 1. The van der Waals surface area contributed by atoms with Crippen LogP contribution in [0.4, 0.5) is 11.4 Å². The molecule has 1 heterocycles. The van der Waals surface area contributed by atoms with Gasteiger partial charge in [0.15, 0.2) is 5.69 Å². The Balaban J connectivity index is 2.35. The summed E-state index contributed by atoms with van der Waals surface area (Å²) in [5.41, 5.74) is -0.888. The van der Waals surface area contributed by atoms with Crippen LogP contribution in [0, 0.1) is 10.1 Å². The number of nitrogens with one attached hydrogen (secondary N) is 1. The lowest BCUT2D eigenvalue weighted by Crippen LogP contribution is -2.16. The number of halogens is 1. The summed E-state index contributed by atoms with van der Waals surface area (Å²) in [7, 11) is 1.46. The maximum Gasteiger partial charge on any atom is 0.339 e. The van der Waals surface area contributed by atoms with E-state index in [0.717, 1.165) is 6.07 Å². The molecule has 2 N–H and O–H groups in total. The second kappa shape index (κ2) is 5.82. The smallest absolute Gasteiger partial charge is 0.339 e. The molecule has 22 heavy (non-hydrogen) atoms. The minimum atomic E-state index is -1.32. The highest BCUT2D eigenvalue weighted by molar-refractivity contribution is 6.34. The van der Waals surface area contributed by atoms with Gasteiger partial charge in [-0.3, -0.25) is 19.6 Å². The van der Waals surface area contributed by atoms with Gasteiger partial charge in [0.05, 0.1) is 15.6 Å². The molecule has 1 aromatic heterocycles. The molecule has 0 saturated heterocycles. The molecule has 0 atom stereocenters. The number of nitrogens with zero attached hydrogens (tertiary/aromatic N) is 3. The normalized spacial score (nSPS) is 10.3. The molecule has 10 heteroatoms. The molecule has 0 unspecified atom stereocenters. The Bertz CT molecular complexity index is 786. The first kappa shape index (κ1) is 15.4. The predicted molar refractivity (Wildman–Crippen MR) is 76.2 cm³/mol. The van der Waals surface area contributed by atoms with Crippen LogP contribution in [0.5, 0.6) is 0 Å². The van der Waals surface area contributed by atoms with Crippen LogP contribution in [0.1, 0.15) is 20.8 Å². The number of hydrogen-bond donors (Lipinski definition) is 2. The first-order valence-electron chi connectivity index (χ1n) is 5.82.